The van der Waals surface area contributed by atoms with E-state index >= 15 is 0 Å². The first-order valence-electron chi connectivity index (χ1n) is 10.0. The first-order valence-corrected chi connectivity index (χ1v) is 11.2. The smallest absolute Gasteiger partial charge is 0.342 e. The first-order chi connectivity index (χ1) is 16.8. The van der Waals surface area contributed by atoms with Crippen molar-refractivity contribution in [2.75, 3.05) is 31.0 Å². The molecule has 11 heteroatoms. The lowest BCUT2D eigenvalue weighted by Gasteiger charge is -2.12. The molecular formula is C24H19Cl3N2O6. The SMILES string of the molecule is COc1ccc(NC(=O)COc2ccccc2C(=O)OCC(=O)Nc2cc(Cl)ccc2Cl)cc1Cl. The zero-order valence-electron chi connectivity index (χ0n) is 18.3. The largest absolute Gasteiger partial charge is 0.495 e. The van der Waals surface area contributed by atoms with Crippen molar-refractivity contribution in [1.29, 1.82) is 0 Å². The molecule has 0 heterocycles. The summed E-state index contributed by atoms with van der Waals surface area (Å²) in [4.78, 5) is 37.0. The van der Waals surface area contributed by atoms with Gasteiger partial charge in [0.05, 0.1) is 22.8 Å². The molecule has 0 bridgehead atoms. The van der Waals surface area contributed by atoms with Crippen molar-refractivity contribution < 1.29 is 28.6 Å². The van der Waals surface area contributed by atoms with Crippen LogP contribution in [0.1, 0.15) is 10.4 Å². The van der Waals surface area contributed by atoms with Crippen molar-refractivity contribution in [3.05, 3.63) is 81.3 Å². The predicted octanol–water partition coefficient (Wildman–Crippen LogP) is 5.47. The maximum Gasteiger partial charge on any atom is 0.342 e. The Morgan fingerprint density at radius 1 is 0.800 bits per heavy atom. The van der Waals surface area contributed by atoms with Crippen molar-refractivity contribution in [3.8, 4) is 11.5 Å². The summed E-state index contributed by atoms with van der Waals surface area (Å²) in [6.45, 7) is -0.962. The molecule has 0 aliphatic rings. The molecule has 0 spiro atoms. The van der Waals surface area contributed by atoms with Crippen LogP contribution in [0.4, 0.5) is 11.4 Å². The minimum absolute atomic E-state index is 0.0429. The molecule has 182 valence electrons. The van der Waals surface area contributed by atoms with Gasteiger partial charge >= 0.3 is 5.97 Å². The number of esters is 1. The molecule has 0 unspecified atom stereocenters. The maximum absolute atomic E-state index is 12.5. The summed E-state index contributed by atoms with van der Waals surface area (Å²) in [5.41, 5.74) is 0.775. The van der Waals surface area contributed by atoms with Gasteiger partial charge in [-0.3, -0.25) is 9.59 Å². The van der Waals surface area contributed by atoms with E-state index in [1.54, 1.807) is 30.3 Å². The molecule has 3 aromatic rings. The van der Waals surface area contributed by atoms with Crippen LogP contribution in [0.3, 0.4) is 0 Å². The van der Waals surface area contributed by atoms with E-state index in [0.29, 0.717) is 21.5 Å². The van der Waals surface area contributed by atoms with Crippen LogP contribution in [0.25, 0.3) is 0 Å². The third-order valence-corrected chi connectivity index (χ3v) is 5.30. The summed E-state index contributed by atoms with van der Waals surface area (Å²) in [5, 5.41) is 6.14. The quantitative estimate of drug-likeness (QED) is 0.351. The molecule has 0 aliphatic heterocycles. The van der Waals surface area contributed by atoms with Crippen LogP contribution in [0.15, 0.2) is 60.7 Å². The number of nitrogens with one attached hydrogen (secondary N) is 2. The number of amides is 2. The number of carbonyl (C=O) groups excluding carboxylic acids is 3. The fourth-order valence-corrected chi connectivity index (χ4v) is 3.43. The van der Waals surface area contributed by atoms with E-state index in [1.807, 2.05) is 0 Å². The van der Waals surface area contributed by atoms with E-state index in [4.69, 9.17) is 49.0 Å². The van der Waals surface area contributed by atoms with Gasteiger partial charge in [0.2, 0.25) is 0 Å². The fourth-order valence-electron chi connectivity index (χ4n) is 2.83. The lowest BCUT2D eigenvalue weighted by Crippen LogP contribution is -2.23. The van der Waals surface area contributed by atoms with E-state index in [0.717, 1.165) is 0 Å². The summed E-state index contributed by atoms with van der Waals surface area (Å²) in [7, 11) is 1.48. The summed E-state index contributed by atoms with van der Waals surface area (Å²) < 4.78 is 15.6. The number of hydrogen-bond acceptors (Lipinski definition) is 6. The van der Waals surface area contributed by atoms with Gasteiger partial charge in [-0.2, -0.15) is 0 Å². The Bertz CT molecular complexity index is 1250. The zero-order chi connectivity index (χ0) is 25.4. The summed E-state index contributed by atoms with van der Waals surface area (Å²) in [6.07, 6.45) is 0. The van der Waals surface area contributed by atoms with Crippen molar-refractivity contribution in [2.24, 2.45) is 0 Å². The number of benzene rings is 3. The summed E-state index contributed by atoms with van der Waals surface area (Å²) in [5.74, 6) is -1.32. The Labute approximate surface area is 216 Å². The topological polar surface area (TPSA) is 103 Å². The monoisotopic (exact) mass is 536 g/mol. The zero-order valence-corrected chi connectivity index (χ0v) is 20.5. The predicted molar refractivity (Wildman–Crippen MR) is 134 cm³/mol. The Kier molecular flexibility index (Phi) is 9.19. The van der Waals surface area contributed by atoms with Gasteiger partial charge in [-0.15, -0.1) is 0 Å². The third kappa shape index (κ3) is 7.51. The van der Waals surface area contributed by atoms with Gasteiger partial charge < -0.3 is 24.8 Å². The second-order valence-corrected chi connectivity index (χ2v) is 8.18. The van der Waals surface area contributed by atoms with Crippen LogP contribution < -0.4 is 20.1 Å². The van der Waals surface area contributed by atoms with Gasteiger partial charge in [-0.25, -0.2) is 4.79 Å². The number of para-hydroxylation sites is 1. The van der Waals surface area contributed by atoms with Gasteiger partial charge in [-0.1, -0.05) is 46.9 Å². The fraction of sp³-hybridized carbons (Fsp3) is 0.125. The van der Waals surface area contributed by atoms with Crippen LogP contribution in [0, 0.1) is 0 Å². The van der Waals surface area contributed by atoms with Crippen LogP contribution in [0.2, 0.25) is 15.1 Å². The van der Waals surface area contributed by atoms with Gasteiger partial charge in [0, 0.05) is 10.7 Å². The summed E-state index contributed by atoms with van der Waals surface area (Å²) in [6, 6.07) is 15.5. The van der Waals surface area contributed by atoms with E-state index < -0.39 is 24.4 Å². The molecule has 35 heavy (non-hydrogen) atoms. The highest BCUT2D eigenvalue weighted by Crippen LogP contribution is 2.27. The number of ether oxygens (including phenoxy) is 3. The minimum Gasteiger partial charge on any atom is -0.495 e. The van der Waals surface area contributed by atoms with Gasteiger partial charge in [0.15, 0.2) is 13.2 Å². The first kappa shape index (κ1) is 26.2. The molecule has 0 atom stereocenters. The van der Waals surface area contributed by atoms with E-state index in [1.165, 1.54) is 37.4 Å². The second kappa shape index (κ2) is 12.3. The molecule has 3 aromatic carbocycles. The van der Waals surface area contributed by atoms with E-state index in [9.17, 15) is 14.4 Å². The number of halogens is 3. The van der Waals surface area contributed by atoms with Gasteiger partial charge in [-0.05, 0) is 48.5 Å². The molecule has 0 fully saturated rings. The average Bonchev–Trinajstić information content (AvgIpc) is 2.84. The van der Waals surface area contributed by atoms with Gasteiger partial charge in [0.1, 0.15) is 17.1 Å². The van der Waals surface area contributed by atoms with Crippen molar-refractivity contribution >= 4 is 64.0 Å². The highest BCUT2D eigenvalue weighted by Gasteiger charge is 2.17. The molecule has 3 rings (SSSR count). The van der Waals surface area contributed by atoms with Crippen molar-refractivity contribution in [1.82, 2.24) is 0 Å². The molecule has 0 radical (unpaired) electrons. The van der Waals surface area contributed by atoms with Gasteiger partial charge in [0.25, 0.3) is 11.8 Å². The number of carbonyl (C=O) groups is 3. The lowest BCUT2D eigenvalue weighted by molar-refractivity contribution is -0.119. The maximum atomic E-state index is 12.5. The highest BCUT2D eigenvalue weighted by atomic mass is 35.5. The standard InChI is InChI=1S/C24H19Cl3N2O6/c1-33-21-9-7-15(11-18(21)27)28-22(30)12-34-20-5-3-2-4-16(20)24(32)35-13-23(31)29-19-10-14(25)6-8-17(19)26/h2-11H,12-13H2,1H3,(H,28,30)(H,29,31). The molecule has 2 amide bonds. The Hall–Kier alpha value is -3.46. The van der Waals surface area contributed by atoms with E-state index in [-0.39, 0.29) is 28.6 Å². The number of rotatable bonds is 9. The van der Waals surface area contributed by atoms with Crippen LogP contribution in [0.5, 0.6) is 11.5 Å². The molecule has 2 N–H and O–H groups in total. The molecule has 0 aliphatic carbocycles. The van der Waals surface area contributed by atoms with Crippen molar-refractivity contribution in [3.63, 3.8) is 0 Å². The highest BCUT2D eigenvalue weighted by molar-refractivity contribution is 6.35. The van der Waals surface area contributed by atoms with Crippen LogP contribution in [-0.2, 0) is 14.3 Å². The van der Waals surface area contributed by atoms with Crippen molar-refractivity contribution in [2.45, 2.75) is 0 Å². The molecular weight excluding hydrogens is 519 g/mol. The minimum atomic E-state index is -0.810. The number of anilines is 2. The Morgan fingerprint density at radius 3 is 2.29 bits per heavy atom. The van der Waals surface area contributed by atoms with Crippen LogP contribution in [-0.4, -0.2) is 38.1 Å². The summed E-state index contributed by atoms with van der Waals surface area (Å²) >= 11 is 18.0. The Balaban J connectivity index is 1.55. The molecule has 0 aromatic heterocycles. The number of methoxy groups -OCH3 is 1. The van der Waals surface area contributed by atoms with E-state index in [2.05, 4.69) is 10.6 Å². The lowest BCUT2D eigenvalue weighted by atomic mass is 10.2. The normalized spacial score (nSPS) is 10.3. The average molecular weight is 538 g/mol. The second-order valence-electron chi connectivity index (χ2n) is 6.93. The molecule has 0 saturated carbocycles. The third-order valence-electron chi connectivity index (χ3n) is 4.44. The Morgan fingerprint density at radius 2 is 1.54 bits per heavy atom. The molecule has 8 nitrogen and oxygen atoms in total. The molecule has 0 saturated heterocycles. The van der Waals surface area contributed by atoms with Crippen LogP contribution >= 0.6 is 34.8 Å². The number of hydrogen-bond donors (Lipinski definition) is 2.